The van der Waals surface area contributed by atoms with E-state index in [1.54, 1.807) is 0 Å². The second-order valence-corrected chi connectivity index (χ2v) is 5.65. The standard InChI is InChI=1S/C16H23N5O/c1-10(2)7-8-22-9-13-14(15(18)21-16(19)20-13)11-3-5-12(17)6-4-11/h3-6,10H,7-9,17H2,1-2H3,(H4,18,19,20,21). The molecule has 118 valence electrons. The van der Waals surface area contributed by atoms with Gasteiger partial charge in [0.1, 0.15) is 5.82 Å². The van der Waals surface area contributed by atoms with Crippen LogP contribution in [0.3, 0.4) is 0 Å². The molecule has 1 aromatic carbocycles. The summed E-state index contributed by atoms with van der Waals surface area (Å²) in [6, 6.07) is 7.40. The average molecular weight is 301 g/mol. The Hall–Kier alpha value is -2.34. The van der Waals surface area contributed by atoms with E-state index in [1.165, 1.54) is 0 Å². The maximum Gasteiger partial charge on any atom is 0.222 e. The molecule has 0 atom stereocenters. The Morgan fingerprint density at radius 1 is 1.05 bits per heavy atom. The van der Waals surface area contributed by atoms with E-state index in [9.17, 15) is 0 Å². The van der Waals surface area contributed by atoms with Gasteiger partial charge in [0.2, 0.25) is 5.95 Å². The highest BCUT2D eigenvalue weighted by molar-refractivity contribution is 5.77. The maximum atomic E-state index is 6.03. The molecule has 0 amide bonds. The number of rotatable bonds is 6. The minimum atomic E-state index is 0.152. The van der Waals surface area contributed by atoms with E-state index in [0.29, 0.717) is 36.3 Å². The zero-order valence-corrected chi connectivity index (χ0v) is 13.0. The van der Waals surface area contributed by atoms with E-state index < -0.39 is 0 Å². The second kappa shape index (κ2) is 7.09. The van der Waals surface area contributed by atoms with Crippen molar-refractivity contribution in [1.82, 2.24) is 9.97 Å². The molecule has 0 saturated heterocycles. The van der Waals surface area contributed by atoms with Gasteiger partial charge in [-0.1, -0.05) is 26.0 Å². The Kier molecular flexibility index (Phi) is 5.16. The number of ether oxygens (including phenoxy) is 1. The van der Waals surface area contributed by atoms with Gasteiger partial charge in [-0.3, -0.25) is 0 Å². The second-order valence-electron chi connectivity index (χ2n) is 5.65. The Morgan fingerprint density at radius 2 is 1.73 bits per heavy atom. The zero-order chi connectivity index (χ0) is 16.1. The lowest BCUT2D eigenvalue weighted by atomic mass is 10.0. The highest BCUT2D eigenvalue weighted by atomic mass is 16.5. The maximum absolute atomic E-state index is 6.03. The first-order valence-corrected chi connectivity index (χ1v) is 7.33. The first kappa shape index (κ1) is 16.0. The fourth-order valence-electron chi connectivity index (χ4n) is 2.10. The molecule has 1 heterocycles. The largest absolute Gasteiger partial charge is 0.399 e. The minimum Gasteiger partial charge on any atom is -0.399 e. The van der Waals surface area contributed by atoms with Crippen LogP contribution in [0.25, 0.3) is 11.1 Å². The van der Waals surface area contributed by atoms with E-state index in [0.717, 1.165) is 17.5 Å². The van der Waals surface area contributed by atoms with Crippen molar-refractivity contribution in [2.45, 2.75) is 26.9 Å². The molecule has 2 rings (SSSR count). The van der Waals surface area contributed by atoms with Crippen LogP contribution in [0.15, 0.2) is 24.3 Å². The van der Waals surface area contributed by atoms with Gasteiger partial charge in [0.25, 0.3) is 0 Å². The molecule has 1 aromatic heterocycles. The smallest absolute Gasteiger partial charge is 0.222 e. The van der Waals surface area contributed by atoms with Crippen LogP contribution >= 0.6 is 0 Å². The highest BCUT2D eigenvalue weighted by Crippen LogP contribution is 2.29. The molecule has 0 saturated carbocycles. The van der Waals surface area contributed by atoms with Crippen LogP contribution < -0.4 is 17.2 Å². The fraction of sp³-hybridized carbons (Fsp3) is 0.375. The molecule has 0 bridgehead atoms. The van der Waals surface area contributed by atoms with E-state index in [-0.39, 0.29) is 5.95 Å². The van der Waals surface area contributed by atoms with Crippen LogP contribution in [0.1, 0.15) is 26.0 Å². The van der Waals surface area contributed by atoms with Gasteiger partial charge >= 0.3 is 0 Å². The van der Waals surface area contributed by atoms with Crippen molar-refractivity contribution in [2.24, 2.45) is 5.92 Å². The van der Waals surface area contributed by atoms with Gasteiger partial charge in [-0.05, 0) is 30.0 Å². The van der Waals surface area contributed by atoms with Crippen molar-refractivity contribution < 1.29 is 4.74 Å². The molecule has 0 aliphatic carbocycles. The molecule has 22 heavy (non-hydrogen) atoms. The number of nitrogen functional groups attached to an aromatic ring is 3. The molecule has 6 nitrogen and oxygen atoms in total. The summed E-state index contributed by atoms with van der Waals surface area (Å²) < 4.78 is 5.70. The Morgan fingerprint density at radius 3 is 2.36 bits per heavy atom. The molecule has 0 radical (unpaired) electrons. The van der Waals surface area contributed by atoms with Crippen molar-refractivity contribution in [1.29, 1.82) is 0 Å². The molecule has 0 aliphatic rings. The monoisotopic (exact) mass is 301 g/mol. The zero-order valence-electron chi connectivity index (χ0n) is 13.0. The van der Waals surface area contributed by atoms with Crippen LogP contribution in [-0.2, 0) is 11.3 Å². The number of nitrogens with two attached hydrogens (primary N) is 3. The topological polar surface area (TPSA) is 113 Å². The number of nitrogens with zero attached hydrogens (tertiary/aromatic N) is 2. The van der Waals surface area contributed by atoms with Gasteiger partial charge in [-0.25, -0.2) is 4.98 Å². The van der Waals surface area contributed by atoms with E-state index >= 15 is 0 Å². The van der Waals surface area contributed by atoms with Crippen LogP contribution in [0.4, 0.5) is 17.5 Å². The Labute approximate surface area is 130 Å². The summed E-state index contributed by atoms with van der Waals surface area (Å²) in [7, 11) is 0. The van der Waals surface area contributed by atoms with Gasteiger partial charge < -0.3 is 21.9 Å². The molecule has 2 aromatic rings. The fourth-order valence-corrected chi connectivity index (χ4v) is 2.10. The summed E-state index contributed by atoms with van der Waals surface area (Å²) in [5.41, 5.74) is 20.5. The number of hydrogen-bond acceptors (Lipinski definition) is 6. The van der Waals surface area contributed by atoms with Crippen molar-refractivity contribution in [3.05, 3.63) is 30.0 Å². The number of benzene rings is 1. The number of aromatic nitrogens is 2. The van der Waals surface area contributed by atoms with Crippen LogP contribution in [0, 0.1) is 5.92 Å². The van der Waals surface area contributed by atoms with Crippen molar-refractivity contribution >= 4 is 17.5 Å². The molecule has 6 N–H and O–H groups in total. The van der Waals surface area contributed by atoms with Crippen molar-refractivity contribution in [3.63, 3.8) is 0 Å². The molecule has 0 fully saturated rings. The van der Waals surface area contributed by atoms with Gasteiger partial charge in [-0.2, -0.15) is 4.98 Å². The first-order chi connectivity index (χ1) is 10.5. The summed E-state index contributed by atoms with van der Waals surface area (Å²) in [5, 5.41) is 0. The van der Waals surface area contributed by atoms with Gasteiger partial charge in [0.05, 0.1) is 12.3 Å². The molecule has 0 unspecified atom stereocenters. The molecule has 6 heteroatoms. The lowest BCUT2D eigenvalue weighted by Crippen LogP contribution is -2.09. The SMILES string of the molecule is CC(C)CCOCc1nc(N)nc(N)c1-c1ccc(N)cc1. The van der Waals surface area contributed by atoms with E-state index in [4.69, 9.17) is 21.9 Å². The van der Waals surface area contributed by atoms with Crippen LogP contribution in [-0.4, -0.2) is 16.6 Å². The molecule has 0 aliphatic heterocycles. The van der Waals surface area contributed by atoms with E-state index in [2.05, 4.69) is 23.8 Å². The van der Waals surface area contributed by atoms with Crippen molar-refractivity contribution in [2.75, 3.05) is 23.8 Å². The lowest BCUT2D eigenvalue weighted by molar-refractivity contribution is 0.108. The van der Waals surface area contributed by atoms with Gasteiger partial charge in [0.15, 0.2) is 0 Å². The number of hydrogen-bond donors (Lipinski definition) is 3. The van der Waals surface area contributed by atoms with Crippen LogP contribution in [0.5, 0.6) is 0 Å². The van der Waals surface area contributed by atoms with Crippen LogP contribution in [0.2, 0.25) is 0 Å². The predicted octanol–water partition coefficient (Wildman–Crippen LogP) is 2.45. The summed E-state index contributed by atoms with van der Waals surface area (Å²) >= 11 is 0. The van der Waals surface area contributed by atoms with Gasteiger partial charge in [-0.15, -0.1) is 0 Å². The third-order valence-electron chi connectivity index (χ3n) is 3.31. The van der Waals surface area contributed by atoms with Gasteiger partial charge in [0, 0.05) is 17.9 Å². The normalized spacial score (nSPS) is 11.0. The average Bonchev–Trinajstić information content (AvgIpc) is 2.44. The minimum absolute atomic E-state index is 0.152. The Balaban J connectivity index is 2.26. The highest BCUT2D eigenvalue weighted by Gasteiger charge is 2.14. The van der Waals surface area contributed by atoms with E-state index in [1.807, 2.05) is 24.3 Å². The lowest BCUT2D eigenvalue weighted by Gasteiger charge is -2.13. The molecule has 0 spiro atoms. The summed E-state index contributed by atoms with van der Waals surface area (Å²) in [6.45, 7) is 5.33. The predicted molar refractivity (Wildman–Crippen MR) is 89.8 cm³/mol. The number of anilines is 3. The van der Waals surface area contributed by atoms with Crippen molar-refractivity contribution in [3.8, 4) is 11.1 Å². The first-order valence-electron chi connectivity index (χ1n) is 7.33. The summed E-state index contributed by atoms with van der Waals surface area (Å²) in [5.74, 6) is 1.09. The Bertz CT molecular complexity index is 625. The third kappa shape index (κ3) is 4.08. The third-order valence-corrected chi connectivity index (χ3v) is 3.31. The quantitative estimate of drug-likeness (QED) is 0.558. The summed E-state index contributed by atoms with van der Waals surface area (Å²) in [4.78, 5) is 8.33. The molecular formula is C16H23N5O. The molecular weight excluding hydrogens is 278 g/mol. The summed E-state index contributed by atoms with van der Waals surface area (Å²) in [6.07, 6.45) is 0.993.